The quantitative estimate of drug-likeness (QED) is 0.178. The number of carbonyl (C=O) groups excluding carboxylic acids is 1. The molecule has 0 unspecified atom stereocenters. The summed E-state index contributed by atoms with van der Waals surface area (Å²) in [6, 6.07) is -1.13. The summed E-state index contributed by atoms with van der Waals surface area (Å²) in [4.78, 5) is 28.7. The Morgan fingerprint density at radius 2 is 2.09 bits per heavy atom. The minimum atomic E-state index is -1.50. The van der Waals surface area contributed by atoms with Gasteiger partial charge in [-0.3, -0.25) is 9.63 Å². The Hall–Kier alpha value is -2.14. The summed E-state index contributed by atoms with van der Waals surface area (Å²) in [5, 5.41) is 13.0. The molecule has 0 aromatic carbocycles. The van der Waals surface area contributed by atoms with Gasteiger partial charge in [0.15, 0.2) is 5.79 Å². The first-order valence-electron chi connectivity index (χ1n) is 6.73. The van der Waals surface area contributed by atoms with Gasteiger partial charge >= 0.3 is 5.97 Å². The third kappa shape index (κ3) is 3.99. The van der Waals surface area contributed by atoms with Gasteiger partial charge in [-0.25, -0.2) is 0 Å². The lowest BCUT2D eigenvalue weighted by atomic mass is 9.98. The smallest absolute Gasteiger partial charge is 0.302 e. The molecule has 2 saturated heterocycles. The van der Waals surface area contributed by atoms with Crippen LogP contribution in [-0.2, 0) is 28.6 Å². The first-order chi connectivity index (χ1) is 10.7. The van der Waals surface area contributed by atoms with Crippen LogP contribution in [0.5, 0.6) is 0 Å². The maximum atomic E-state index is 11.0. The monoisotopic (exact) mass is 332 g/mol. The zero-order valence-electron chi connectivity index (χ0n) is 12.6. The van der Waals surface area contributed by atoms with Crippen LogP contribution in [0.1, 0.15) is 20.8 Å². The van der Waals surface area contributed by atoms with Crippen molar-refractivity contribution in [2.24, 2.45) is 5.11 Å². The second-order valence-corrected chi connectivity index (χ2v) is 5.43. The molecule has 2 heterocycles. The molecule has 12 heteroatoms. The molecule has 0 aromatic rings. The summed E-state index contributed by atoms with van der Waals surface area (Å²) in [7, 11) is 0. The molecule has 128 valence electrons. The Bertz CT molecular complexity index is 534. The van der Waals surface area contributed by atoms with Crippen molar-refractivity contribution in [2.75, 3.05) is 6.61 Å². The normalized spacial score (nSPS) is 34.8. The number of hydrogen-bond acceptors (Lipinski definition) is 9. The number of rotatable bonds is 5. The molecule has 0 saturated carbocycles. The second-order valence-electron chi connectivity index (χ2n) is 5.43. The van der Waals surface area contributed by atoms with Crippen molar-refractivity contribution >= 4 is 5.97 Å². The van der Waals surface area contributed by atoms with E-state index in [2.05, 4.69) is 14.9 Å². The van der Waals surface area contributed by atoms with Crippen molar-refractivity contribution in [1.29, 1.82) is 0 Å². The highest BCUT2D eigenvalue weighted by Gasteiger charge is 2.56. The van der Waals surface area contributed by atoms with E-state index in [9.17, 15) is 14.9 Å². The van der Waals surface area contributed by atoms with Crippen molar-refractivity contribution in [3.8, 4) is 0 Å². The van der Waals surface area contributed by atoms with Gasteiger partial charge < -0.3 is 18.9 Å². The number of nitrogens with zero attached hydrogens (tertiary/aromatic N) is 4. The Labute approximate surface area is 130 Å². The molecule has 0 N–H and O–H groups in total. The van der Waals surface area contributed by atoms with Crippen molar-refractivity contribution in [3.63, 3.8) is 0 Å². The zero-order chi connectivity index (χ0) is 17.2. The van der Waals surface area contributed by atoms with Gasteiger partial charge in [0.1, 0.15) is 31.0 Å². The number of azide groups is 1. The zero-order valence-corrected chi connectivity index (χ0v) is 12.6. The molecule has 5 atom stereocenters. The van der Waals surface area contributed by atoms with Crippen LogP contribution in [0.15, 0.2) is 5.11 Å². The molecular formula is C11H16N4O8. The molecular weight excluding hydrogens is 316 g/mol. The van der Waals surface area contributed by atoms with E-state index >= 15 is 0 Å². The largest absolute Gasteiger partial charge is 0.463 e. The highest BCUT2D eigenvalue weighted by atomic mass is 17.0. The van der Waals surface area contributed by atoms with Gasteiger partial charge in [0, 0.05) is 11.8 Å². The average molecular weight is 332 g/mol. The molecule has 0 amide bonds. The van der Waals surface area contributed by atoms with E-state index in [1.165, 1.54) is 6.92 Å². The lowest BCUT2D eigenvalue weighted by Gasteiger charge is -2.38. The number of ether oxygens (including phenoxy) is 4. The predicted molar refractivity (Wildman–Crippen MR) is 70.1 cm³/mol. The highest BCUT2D eigenvalue weighted by molar-refractivity contribution is 5.65. The predicted octanol–water partition coefficient (Wildman–Crippen LogP) is 0.682. The van der Waals surface area contributed by atoms with Crippen LogP contribution in [0, 0.1) is 10.1 Å². The van der Waals surface area contributed by atoms with Crippen LogP contribution < -0.4 is 0 Å². The van der Waals surface area contributed by atoms with Crippen LogP contribution in [0.4, 0.5) is 0 Å². The van der Waals surface area contributed by atoms with Gasteiger partial charge in [0.25, 0.3) is 5.09 Å². The van der Waals surface area contributed by atoms with E-state index in [1.807, 2.05) is 0 Å². The fourth-order valence-corrected chi connectivity index (χ4v) is 2.54. The second kappa shape index (κ2) is 6.54. The third-order valence-corrected chi connectivity index (χ3v) is 3.28. The van der Waals surface area contributed by atoms with Crippen LogP contribution >= 0.6 is 0 Å². The van der Waals surface area contributed by atoms with E-state index in [4.69, 9.17) is 24.5 Å². The number of fused-ring (bicyclic) bond motifs is 1. The third-order valence-electron chi connectivity index (χ3n) is 3.28. The van der Waals surface area contributed by atoms with Crippen molar-refractivity contribution in [3.05, 3.63) is 20.6 Å². The van der Waals surface area contributed by atoms with Crippen LogP contribution in [0.2, 0.25) is 0 Å². The maximum absolute atomic E-state index is 11.0. The van der Waals surface area contributed by atoms with Crippen molar-refractivity contribution in [1.82, 2.24) is 0 Å². The van der Waals surface area contributed by atoms with E-state index in [-0.39, 0.29) is 6.61 Å². The lowest BCUT2D eigenvalue weighted by molar-refractivity contribution is -0.783. The van der Waals surface area contributed by atoms with Gasteiger partial charge in [0.2, 0.25) is 6.29 Å². The molecule has 0 bridgehead atoms. The van der Waals surface area contributed by atoms with Gasteiger partial charge in [-0.05, 0) is 19.4 Å². The fourth-order valence-electron chi connectivity index (χ4n) is 2.54. The highest BCUT2D eigenvalue weighted by Crippen LogP contribution is 2.39. The van der Waals surface area contributed by atoms with Crippen LogP contribution in [-0.4, -0.2) is 54.1 Å². The first-order valence-corrected chi connectivity index (χ1v) is 6.73. The summed E-state index contributed by atoms with van der Waals surface area (Å²) in [6.45, 7) is 4.26. The minimum Gasteiger partial charge on any atom is -0.463 e. The molecule has 0 aliphatic carbocycles. The molecule has 23 heavy (non-hydrogen) atoms. The molecule has 2 fully saturated rings. The number of hydrogen-bond donors (Lipinski definition) is 0. The Morgan fingerprint density at radius 1 is 1.43 bits per heavy atom. The van der Waals surface area contributed by atoms with Crippen LogP contribution in [0.3, 0.4) is 0 Å². The summed E-state index contributed by atoms with van der Waals surface area (Å²) < 4.78 is 21.6. The Morgan fingerprint density at radius 3 is 2.65 bits per heavy atom. The molecule has 2 aliphatic rings. The van der Waals surface area contributed by atoms with Gasteiger partial charge in [0.05, 0.1) is 0 Å². The van der Waals surface area contributed by atoms with Crippen LogP contribution in [0.25, 0.3) is 10.4 Å². The minimum absolute atomic E-state index is 0.212. The van der Waals surface area contributed by atoms with Crippen molar-refractivity contribution in [2.45, 2.75) is 57.2 Å². The summed E-state index contributed by atoms with van der Waals surface area (Å²) >= 11 is 0. The molecule has 12 nitrogen and oxygen atoms in total. The van der Waals surface area contributed by atoms with Gasteiger partial charge in [-0.2, -0.15) is 0 Å². The first kappa shape index (κ1) is 17.2. The average Bonchev–Trinajstić information content (AvgIpc) is 2.74. The topological polar surface area (TPSA) is 155 Å². The maximum Gasteiger partial charge on any atom is 0.302 e. The number of esters is 1. The van der Waals surface area contributed by atoms with E-state index in [0.29, 0.717) is 0 Å². The molecule has 0 radical (unpaired) electrons. The molecule has 0 spiro atoms. The standard InChI is InChI=1S/C11H16N4O8/c1-5(16)19-4-6-8-9(22-11(2,3)21-8)7(13-14-12)10(20-6)23-15(17)18/h6-10H,4H2,1-3H3/t6-,7-,8+,9-,10-/m1/s1. The van der Waals surface area contributed by atoms with Crippen molar-refractivity contribution < 1.29 is 33.7 Å². The summed E-state index contributed by atoms with van der Waals surface area (Å²) in [6.07, 6.45) is -3.97. The van der Waals surface area contributed by atoms with Gasteiger partial charge in [-0.1, -0.05) is 5.11 Å². The van der Waals surface area contributed by atoms with Gasteiger partial charge in [-0.15, -0.1) is 10.1 Å². The van der Waals surface area contributed by atoms with E-state index < -0.39 is 47.5 Å². The number of carbonyl (C=O) groups is 1. The summed E-state index contributed by atoms with van der Waals surface area (Å²) in [5.41, 5.74) is 8.67. The fraction of sp³-hybridized carbons (Fsp3) is 0.909. The Kier molecular flexibility index (Phi) is 4.90. The molecule has 2 rings (SSSR count). The molecule has 2 aliphatic heterocycles. The van der Waals surface area contributed by atoms with E-state index in [0.717, 1.165) is 0 Å². The SMILES string of the molecule is CC(=O)OC[C@H]1O[C@H](O[N+](=O)[O-])[C@H](N=[N+]=[N-])[C@H]2OC(C)(C)O[C@H]21. The molecule has 0 aromatic heterocycles. The Balaban J connectivity index is 2.26. The van der Waals surface area contributed by atoms with E-state index in [1.54, 1.807) is 13.8 Å². The summed E-state index contributed by atoms with van der Waals surface area (Å²) in [5.74, 6) is -1.58. The lowest BCUT2D eigenvalue weighted by Crippen LogP contribution is -2.57.